The fraction of sp³-hybridized carbons (Fsp3) is 0.882. The zero-order valence-corrected chi connectivity index (χ0v) is 15.5. The Bertz CT molecular complexity index is 369. The van der Waals surface area contributed by atoms with Crippen molar-refractivity contribution in [3.8, 4) is 0 Å². The van der Waals surface area contributed by atoms with Crippen molar-refractivity contribution < 1.29 is 13.9 Å². The van der Waals surface area contributed by atoms with E-state index < -0.39 is 8.32 Å². The second-order valence-corrected chi connectivity index (χ2v) is 12.6. The zero-order chi connectivity index (χ0) is 15.7. The van der Waals surface area contributed by atoms with E-state index in [1.54, 1.807) is 0 Å². The van der Waals surface area contributed by atoms with Crippen molar-refractivity contribution in [3.05, 3.63) is 12.2 Å². The summed E-state index contributed by atoms with van der Waals surface area (Å²) in [5.41, 5.74) is 0. The Morgan fingerprint density at radius 2 is 1.76 bits per heavy atom. The Labute approximate surface area is 131 Å². The summed E-state index contributed by atoms with van der Waals surface area (Å²) in [6, 6.07) is 0. The van der Waals surface area contributed by atoms with Crippen molar-refractivity contribution in [3.63, 3.8) is 0 Å². The highest BCUT2D eigenvalue weighted by Crippen LogP contribution is 2.39. The van der Waals surface area contributed by atoms with Gasteiger partial charge in [0, 0.05) is 0 Å². The molecule has 2 rings (SSSR count). The van der Waals surface area contributed by atoms with E-state index in [0.29, 0.717) is 6.10 Å². The Morgan fingerprint density at radius 1 is 1.14 bits per heavy atom. The Hall–Kier alpha value is -0.163. The second kappa shape index (κ2) is 6.53. The number of ether oxygens (including phenoxy) is 2. The molecule has 4 atom stereocenters. The van der Waals surface area contributed by atoms with Crippen molar-refractivity contribution in [2.45, 2.75) is 89.5 Å². The van der Waals surface area contributed by atoms with Gasteiger partial charge in [-0.15, -0.1) is 0 Å². The van der Waals surface area contributed by atoms with Gasteiger partial charge in [-0.2, -0.15) is 0 Å². The number of hydrogen-bond acceptors (Lipinski definition) is 3. The lowest BCUT2D eigenvalue weighted by Gasteiger charge is -2.42. The molecule has 1 fully saturated rings. The highest BCUT2D eigenvalue weighted by atomic mass is 28.4. The van der Waals surface area contributed by atoms with Gasteiger partial charge in [0.2, 0.25) is 0 Å². The summed E-state index contributed by atoms with van der Waals surface area (Å²) in [5.74, 6) is 0. The molecule has 0 unspecified atom stereocenters. The third-order valence-electron chi connectivity index (χ3n) is 5.10. The molecule has 0 amide bonds. The van der Waals surface area contributed by atoms with E-state index in [1.807, 2.05) is 0 Å². The molecular weight excluding hydrogens is 280 g/mol. The standard InChI is InChI=1S/C17H32O3Si/c1-7-13-15(20-21(5,6)17(2,3)4)11-9-8-10-14(19-13)16-12-18-16/h8-9,13-16H,7,10-12H2,1-6H3/b9-8-/t13-,14-,15-,16-/m1/s1. The quantitative estimate of drug-likeness (QED) is 0.441. The third kappa shape index (κ3) is 4.41. The van der Waals surface area contributed by atoms with E-state index in [0.717, 1.165) is 25.9 Å². The predicted octanol–water partition coefficient (Wildman–Crippen LogP) is 4.29. The van der Waals surface area contributed by atoms with Gasteiger partial charge in [-0.05, 0) is 37.4 Å². The summed E-state index contributed by atoms with van der Waals surface area (Å²) in [5, 5.41) is 0.233. The van der Waals surface area contributed by atoms with Crippen molar-refractivity contribution in [2.24, 2.45) is 0 Å². The van der Waals surface area contributed by atoms with Crippen LogP contribution in [0.25, 0.3) is 0 Å². The van der Waals surface area contributed by atoms with Gasteiger partial charge in [0.25, 0.3) is 0 Å². The van der Waals surface area contributed by atoms with E-state index in [-0.39, 0.29) is 23.4 Å². The number of rotatable bonds is 4. The van der Waals surface area contributed by atoms with Gasteiger partial charge >= 0.3 is 0 Å². The van der Waals surface area contributed by atoms with Crippen LogP contribution in [0.15, 0.2) is 12.2 Å². The van der Waals surface area contributed by atoms with Gasteiger partial charge < -0.3 is 13.9 Å². The molecule has 0 aromatic carbocycles. The molecule has 0 bridgehead atoms. The van der Waals surface area contributed by atoms with Gasteiger partial charge in [0.15, 0.2) is 8.32 Å². The first-order valence-corrected chi connectivity index (χ1v) is 11.3. The molecule has 0 aromatic rings. The van der Waals surface area contributed by atoms with E-state index >= 15 is 0 Å². The van der Waals surface area contributed by atoms with Crippen LogP contribution in [0.3, 0.4) is 0 Å². The van der Waals surface area contributed by atoms with Crippen LogP contribution in [0.2, 0.25) is 18.1 Å². The Morgan fingerprint density at radius 3 is 2.29 bits per heavy atom. The molecule has 0 spiro atoms. The minimum absolute atomic E-state index is 0.175. The molecule has 2 heterocycles. The van der Waals surface area contributed by atoms with Gasteiger partial charge in [-0.1, -0.05) is 39.8 Å². The smallest absolute Gasteiger partial charge is 0.192 e. The first kappa shape index (κ1) is 17.2. The van der Waals surface area contributed by atoms with Crippen molar-refractivity contribution in [1.82, 2.24) is 0 Å². The molecule has 0 radical (unpaired) electrons. The summed E-state index contributed by atoms with van der Waals surface area (Å²) in [6.45, 7) is 14.6. The molecule has 0 aromatic heterocycles. The summed E-state index contributed by atoms with van der Waals surface area (Å²) < 4.78 is 18.4. The van der Waals surface area contributed by atoms with Crippen LogP contribution < -0.4 is 0 Å². The largest absolute Gasteiger partial charge is 0.411 e. The first-order valence-electron chi connectivity index (χ1n) is 8.34. The first-order chi connectivity index (χ1) is 9.74. The monoisotopic (exact) mass is 312 g/mol. The maximum Gasteiger partial charge on any atom is 0.192 e. The lowest BCUT2D eigenvalue weighted by atomic mass is 10.0. The topological polar surface area (TPSA) is 31.0 Å². The summed E-state index contributed by atoms with van der Waals surface area (Å²) in [4.78, 5) is 0. The van der Waals surface area contributed by atoms with Gasteiger partial charge in [0.1, 0.15) is 6.10 Å². The second-order valence-electron chi connectivity index (χ2n) is 7.85. The van der Waals surface area contributed by atoms with E-state index in [2.05, 4.69) is 52.9 Å². The van der Waals surface area contributed by atoms with Crippen LogP contribution in [0.1, 0.15) is 47.0 Å². The fourth-order valence-electron chi connectivity index (χ4n) is 2.53. The highest BCUT2D eigenvalue weighted by Gasteiger charge is 2.42. The molecule has 4 heteroatoms. The highest BCUT2D eigenvalue weighted by molar-refractivity contribution is 6.74. The Balaban J connectivity index is 2.08. The van der Waals surface area contributed by atoms with E-state index in [1.165, 1.54) is 0 Å². The normalized spacial score (nSPS) is 35.9. The number of hydrogen-bond donors (Lipinski definition) is 0. The van der Waals surface area contributed by atoms with Crippen LogP contribution in [-0.4, -0.2) is 39.3 Å². The zero-order valence-electron chi connectivity index (χ0n) is 14.5. The van der Waals surface area contributed by atoms with E-state index in [4.69, 9.17) is 13.9 Å². The fourth-order valence-corrected chi connectivity index (χ4v) is 3.89. The van der Waals surface area contributed by atoms with Crippen LogP contribution in [0, 0.1) is 0 Å². The molecular formula is C17H32O3Si. The van der Waals surface area contributed by atoms with Crippen molar-refractivity contribution in [2.75, 3.05) is 6.61 Å². The maximum atomic E-state index is 6.65. The van der Waals surface area contributed by atoms with Gasteiger partial charge in [-0.3, -0.25) is 0 Å². The van der Waals surface area contributed by atoms with Crippen molar-refractivity contribution >= 4 is 8.32 Å². The maximum absolute atomic E-state index is 6.65. The van der Waals surface area contributed by atoms with E-state index in [9.17, 15) is 0 Å². The average molecular weight is 313 g/mol. The molecule has 0 aliphatic carbocycles. The lowest BCUT2D eigenvalue weighted by molar-refractivity contribution is -0.0812. The van der Waals surface area contributed by atoms with Crippen LogP contribution in [-0.2, 0) is 13.9 Å². The SMILES string of the molecule is CC[C@H]1O[C@@H]([C@H]2CO2)C/C=C\C[C@H]1O[Si](C)(C)C(C)(C)C. The molecule has 21 heavy (non-hydrogen) atoms. The minimum atomic E-state index is -1.77. The molecule has 2 aliphatic rings. The molecule has 0 N–H and O–H groups in total. The van der Waals surface area contributed by atoms with Crippen LogP contribution >= 0.6 is 0 Å². The molecule has 122 valence electrons. The predicted molar refractivity (Wildman–Crippen MR) is 89.1 cm³/mol. The summed E-state index contributed by atoms with van der Waals surface area (Å²) in [6.07, 6.45) is 8.30. The van der Waals surface area contributed by atoms with Crippen LogP contribution in [0.4, 0.5) is 0 Å². The average Bonchev–Trinajstić information content (AvgIpc) is 3.16. The third-order valence-corrected chi connectivity index (χ3v) is 9.60. The van der Waals surface area contributed by atoms with Crippen LogP contribution in [0.5, 0.6) is 0 Å². The minimum Gasteiger partial charge on any atom is -0.411 e. The lowest BCUT2D eigenvalue weighted by Crippen LogP contribution is -2.48. The van der Waals surface area contributed by atoms with Gasteiger partial charge in [-0.25, -0.2) is 0 Å². The van der Waals surface area contributed by atoms with Gasteiger partial charge in [0.05, 0.1) is 24.9 Å². The molecule has 3 nitrogen and oxygen atoms in total. The molecule has 0 saturated carbocycles. The number of epoxide rings is 1. The molecule has 1 saturated heterocycles. The summed E-state index contributed by atoms with van der Waals surface area (Å²) >= 11 is 0. The Kier molecular flexibility index (Phi) is 5.34. The summed E-state index contributed by atoms with van der Waals surface area (Å²) in [7, 11) is -1.77. The van der Waals surface area contributed by atoms with Crippen molar-refractivity contribution in [1.29, 1.82) is 0 Å². The molecule has 2 aliphatic heterocycles.